The Morgan fingerprint density at radius 3 is 2.92 bits per heavy atom. The fraction of sp³-hybridized carbons (Fsp3) is 0.842. The van der Waals surface area contributed by atoms with Gasteiger partial charge in [-0.05, 0) is 50.5 Å². The Morgan fingerprint density at radius 1 is 1.42 bits per heavy atom. The van der Waals surface area contributed by atoms with Gasteiger partial charge in [0.05, 0.1) is 23.1 Å². The number of amides is 1. The zero-order chi connectivity index (χ0) is 18.4. The van der Waals surface area contributed by atoms with Gasteiger partial charge in [0.1, 0.15) is 6.61 Å². The molecule has 4 rings (SSSR count). The van der Waals surface area contributed by atoms with Crippen molar-refractivity contribution >= 4 is 29.1 Å². The number of aliphatic hydroxyl groups is 1. The lowest BCUT2D eigenvalue weighted by molar-refractivity contribution is -0.139. The number of aliphatic hydroxyl groups excluding tert-OH is 1. The summed E-state index contributed by atoms with van der Waals surface area (Å²) in [6, 6.07) is 0.584. The van der Waals surface area contributed by atoms with Gasteiger partial charge in [0, 0.05) is 30.6 Å². The number of halogens is 2. The van der Waals surface area contributed by atoms with E-state index in [1.165, 1.54) is 0 Å². The van der Waals surface area contributed by atoms with E-state index in [0.717, 1.165) is 38.0 Å². The molecule has 0 aromatic heterocycles. The Morgan fingerprint density at radius 2 is 2.23 bits per heavy atom. The molecule has 2 N–H and O–H groups in total. The number of nitrogens with zero attached hydrogens (tertiary/aromatic N) is 1. The summed E-state index contributed by atoms with van der Waals surface area (Å²) in [5.41, 5.74) is 0. The van der Waals surface area contributed by atoms with Crippen LogP contribution in [0.2, 0.25) is 0 Å². The molecule has 146 valence electrons. The molecule has 4 aliphatic rings. The molecule has 0 bridgehead atoms. The topological polar surface area (TPSA) is 61.8 Å². The Hall–Kier alpha value is -0.490. The second-order valence-corrected chi connectivity index (χ2v) is 9.29. The van der Waals surface area contributed by atoms with Crippen molar-refractivity contribution in [2.45, 2.75) is 61.5 Å². The van der Waals surface area contributed by atoms with Crippen molar-refractivity contribution in [3.63, 3.8) is 0 Å². The molecule has 3 aliphatic heterocycles. The van der Waals surface area contributed by atoms with Gasteiger partial charge in [-0.15, -0.1) is 23.2 Å². The Labute approximate surface area is 165 Å². The number of carbonyl (C=O) groups is 1. The maximum atomic E-state index is 12.2. The SMILES string of the molecule is C[C@@H]1CC2NC3C(Cl)C(Cl)CC(C4=CCCCO4)C3C2CN1C(=O)CO. The number of likely N-dealkylation sites (tertiary alicyclic amines) is 1. The third-order valence-electron chi connectivity index (χ3n) is 6.78. The van der Waals surface area contributed by atoms with Crippen molar-refractivity contribution in [2.24, 2.45) is 17.8 Å². The van der Waals surface area contributed by atoms with E-state index in [2.05, 4.69) is 18.3 Å². The van der Waals surface area contributed by atoms with E-state index in [-0.39, 0.29) is 34.7 Å². The number of carbonyl (C=O) groups excluding carboxylic acids is 1. The van der Waals surface area contributed by atoms with Gasteiger partial charge in [-0.3, -0.25) is 4.79 Å². The zero-order valence-electron chi connectivity index (χ0n) is 15.1. The molecule has 8 atom stereocenters. The van der Waals surface area contributed by atoms with Crippen LogP contribution in [-0.4, -0.2) is 64.6 Å². The van der Waals surface area contributed by atoms with Crippen molar-refractivity contribution in [1.82, 2.24) is 10.2 Å². The minimum Gasteiger partial charge on any atom is -0.498 e. The first-order valence-corrected chi connectivity index (χ1v) is 10.7. The standard InChI is InChI=1S/C19H28Cl2N2O3/c1-10-6-14-12(8-23(10)16(25)9-24)17-11(15-4-2-3-5-26-15)7-13(20)18(21)19(17)22-14/h4,10-14,17-19,22,24H,2-3,5-9H2,1H3/t10-,11?,12?,13?,14?,17?,18?,19?/m1/s1. The van der Waals surface area contributed by atoms with Gasteiger partial charge in [-0.1, -0.05) is 0 Å². The van der Waals surface area contributed by atoms with Gasteiger partial charge in [-0.2, -0.15) is 0 Å². The largest absolute Gasteiger partial charge is 0.498 e. The van der Waals surface area contributed by atoms with Gasteiger partial charge < -0.3 is 20.1 Å². The predicted octanol–water partition coefficient (Wildman–Crippen LogP) is 2.10. The van der Waals surface area contributed by atoms with Gasteiger partial charge in [0.15, 0.2) is 0 Å². The molecule has 0 spiro atoms. The molecular weight excluding hydrogens is 375 g/mol. The van der Waals surface area contributed by atoms with Crippen LogP contribution in [-0.2, 0) is 9.53 Å². The number of nitrogens with one attached hydrogen (secondary N) is 1. The van der Waals surface area contributed by atoms with Gasteiger partial charge in [0.25, 0.3) is 0 Å². The van der Waals surface area contributed by atoms with Crippen LogP contribution in [0, 0.1) is 17.8 Å². The third-order valence-corrected chi connectivity index (χ3v) is 7.94. The minimum absolute atomic E-state index is 0.0883. The van der Waals surface area contributed by atoms with Crippen LogP contribution >= 0.6 is 23.2 Å². The summed E-state index contributed by atoms with van der Waals surface area (Å²) in [7, 11) is 0. The van der Waals surface area contributed by atoms with E-state index in [4.69, 9.17) is 27.9 Å². The number of piperidine rings is 1. The second-order valence-electron chi connectivity index (χ2n) is 8.23. The molecule has 0 aromatic rings. The first-order chi connectivity index (χ1) is 12.5. The molecular formula is C19H28Cl2N2O3. The van der Waals surface area contributed by atoms with Crippen LogP contribution in [0.25, 0.3) is 0 Å². The Kier molecular flexibility index (Phi) is 5.44. The number of hydrogen-bond donors (Lipinski definition) is 2. The van der Waals surface area contributed by atoms with Crippen molar-refractivity contribution < 1.29 is 14.6 Å². The average molecular weight is 403 g/mol. The lowest BCUT2D eigenvalue weighted by Crippen LogP contribution is -2.53. The third kappa shape index (κ3) is 3.15. The molecule has 1 amide bonds. The van der Waals surface area contributed by atoms with E-state index in [1.807, 2.05) is 4.90 Å². The van der Waals surface area contributed by atoms with Gasteiger partial charge >= 0.3 is 0 Å². The highest BCUT2D eigenvalue weighted by Gasteiger charge is 2.57. The monoisotopic (exact) mass is 402 g/mol. The highest BCUT2D eigenvalue weighted by molar-refractivity contribution is 6.30. The summed E-state index contributed by atoms with van der Waals surface area (Å²) in [6.07, 6.45) is 6.03. The van der Waals surface area contributed by atoms with Crippen molar-refractivity contribution in [3.8, 4) is 0 Å². The molecule has 3 fully saturated rings. The van der Waals surface area contributed by atoms with E-state index >= 15 is 0 Å². The molecule has 0 aromatic carbocycles. The quantitative estimate of drug-likeness (QED) is 0.694. The fourth-order valence-electron chi connectivity index (χ4n) is 5.60. The summed E-state index contributed by atoms with van der Waals surface area (Å²) in [6.45, 7) is 3.06. The molecule has 7 heteroatoms. The Balaban J connectivity index is 1.63. The zero-order valence-corrected chi connectivity index (χ0v) is 16.6. The number of hydrogen-bond acceptors (Lipinski definition) is 4. The van der Waals surface area contributed by atoms with Crippen molar-refractivity contribution in [2.75, 3.05) is 19.8 Å². The van der Waals surface area contributed by atoms with Crippen LogP contribution in [0.5, 0.6) is 0 Å². The summed E-state index contributed by atoms with van der Waals surface area (Å²) < 4.78 is 6.02. The smallest absolute Gasteiger partial charge is 0.248 e. The average Bonchev–Trinajstić information content (AvgIpc) is 3.02. The number of rotatable bonds is 2. The highest BCUT2D eigenvalue weighted by Crippen LogP contribution is 2.50. The predicted molar refractivity (Wildman–Crippen MR) is 101 cm³/mol. The maximum absolute atomic E-state index is 12.2. The van der Waals surface area contributed by atoms with E-state index in [0.29, 0.717) is 24.4 Å². The molecule has 5 nitrogen and oxygen atoms in total. The van der Waals surface area contributed by atoms with Crippen LogP contribution in [0.3, 0.4) is 0 Å². The number of allylic oxidation sites excluding steroid dienone is 2. The molecule has 3 heterocycles. The molecule has 1 aliphatic carbocycles. The molecule has 1 saturated carbocycles. The van der Waals surface area contributed by atoms with Crippen LogP contribution < -0.4 is 5.32 Å². The summed E-state index contributed by atoms with van der Waals surface area (Å²) in [5, 5.41) is 12.9. The number of alkyl halides is 2. The van der Waals surface area contributed by atoms with Crippen LogP contribution in [0.4, 0.5) is 0 Å². The van der Waals surface area contributed by atoms with Gasteiger partial charge in [-0.25, -0.2) is 0 Å². The van der Waals surface area contributed by atoms with E-state index in [1.54, 1.807) is 0 Å². The number of ether oxygens (including phenoxy) is 1. The van der Waals surface area contributed by atoms with E-state index < -0.39 is 6.61 Å². The summed E-state index contributed by atoms with van der Waals surface area (Å²) in [5.74, 6) is 1.76. The van der Waals surface area contributed by atoms with Crippen LogP contribution in [0.1, 0.15) is 32.6 Å². The lowest BCUT2D eigenvalue weighted by atomic mass is 9.68. The summed E-state index contributed by atoms with van der Waals surface area (Å²) >= 11 is 13.3. The Bertz CT molecular complexity index is 587. The van der Waals surface area contributed by atoms with Gasteiger partial charge in [0.2, 0.25) is 5.91 Å². The van der Waals surface area contributed by atoms with Crippen LogP contribution in [0.15, 0.2) is 11.8 Å². The highest BCUT2D eigenvalue weighted by atomic mass is 35.5. The number of fused-ring (bicyclic) bond motifs is 3. The molecule has 0 radical (unpaired) electrons. The lowest BCUT2D eigenvalue weighted by Gasteiger charge is -2.45. The van der Waals surface area contributed by atoms with E-state index in [9.17, 15) is 9.90 Å². The molecule has 26 heavy (non-hydrogen) atoms. The summed E-state index contributed by atoms with van der Waals surface area (Å²) in [4.78, 5) is 14.0. The fourth-order valence-corrected chi connectivity index (χ4v) is 6.29. The maximum Gasteiger partial charge on any atom is 0.248 e. The first-order valence-electron chi connectivity index (χ1n) is 9.78. The normalized spacial score (nSPS) is 45.4. The minimum atomic E-state index is -0.428. The molecule has 7 unspecified atom stereocenters. The van der Waals surface area contributed by atoms with Crippen molar-refractivity contribution in [3.05, 3.63) is 11.8 Å². The second kappa shape index (κ2) is 7.50. The first kappa shape index (κ1) is 18.9. The molecule has 2 saturated heterocycles. The van der Waals surface area contributed by atoms with Crippen molar-refractivity contribution in [1.29, 1.82) is 0 Å².